The molecule has 0 aliphatic carbocycles. The van der Waals surface area contributed by atoms with Gasteiger partial charge >= 0.3 is 0 Å². The molecular formula is C11H15F2N3. The zero-order valence-electron chi connectivity index (χ0n) is 8.92. The summed E-state index contributed by atoms with van der Waals surface area (Å²) in [6.45, 7) is 0.562. The zero-order valence-corrected chi connectivity index (χ0v) is 8.92. The van der Waals surface area contributed by atoms with E-state index in [0.29, 0.717) is 13.0 Å². The number of aryl methyl sites for hydroxylation is 1. The highest BCUT2D eigenvalue weighted by atomic mass is 19.2. The lowest BCUT2D eigenvalue weighted by atomic mass is 10.1. The van der Waals surface area contributed by atoms with Gasteiger partial charge in [0, 0.05) is 6.54 Å². The second-order valence-corrected chi connectivity index (χ2v) is 3.51. The predicted octanol–water partition coefficient (Wildman–Crippen LogP) is 1.56. The Kier molecular flexibility index (Phi) is 4.69. The minimum absolute atomic E-state index is 0.0767. The van der Waals surface area contributed by atoms with Gasteiger partial charge < -0.3 is 11.5 Å². The quantitative estimate of drug-likeness (QED) is 0.455. The van der Waals surface area contributed by atoms with Gasteiger partial charge in [-0.25, -0.2) is 8.78 Å². The molecule has 0 aliphatic rings. The highest BCUT2D eigenvalue weighted by Crippen LogP contribution is 2.11. The van der Waals surface area contributed by atoms with Crippen LogP contribution in [0.15, 0.2) is 23.2 Å². The van der Waals surface area contributed by atoms with Crippen molar-refractivity contribution in [3.05, 3.63) is 35.4 Å². The number of rotatable bonds is 5. The first-order valence-corrected chi connectivity index (χ1v) is 5.09. The fraction of sp³-hybridized carbons (Fsp3) is 0.364. The summed E-state index contributed by atoms with van der Waals surface area (Å²) in [7, 11) is 0. The molecule has 5 heteroatoms. The third-order valence-electron chi connectivity index (χ3n) is 2.15. The summed E-state index contributed by atoms with van der Waals surface area (Å²) in [6, 6.07) is 3.94. The van der Waals surface area contributed by atoms with Crippen LogP contribution in [0.5, 0.6) is 0 Å². The molecule has 0 atom stereocenters. The van der Waals surface area contributed by atoms with Crippen molar-refractivity contribution in [1.29, 1.82) is 0 Å². The molecule has 4 N–H and O–H groups in total. The van der Waals surface area contributed by atoms with Gasteiger partial charge in [-0.15, -0.1) is 0 Å². The average molecular weight is 227 g/mol. The lowest BCUT2D eigenvalue weighted by molar-refractivity contribution is 0.506. The van der Waals surface area contributed by atoms with E-state index >= 15 is 0 Å². The molecule has 0 aliphatic heterocycles. The van der Waals surface area contributed by atoms with Crippen molar-refractivity contribution in [3.63, 3.8) is 0 Å². The molecule has 0 saturated heterocycles. The molecule has 3 nitrogen and oxygen atoms in total. The number of aliphatic imine (C=N–C) groups is 1. The monoisotopic (exact) mass is 227 g/mol. The second-order valence-electron chi connectivity index (χ2n) is 3.51. The van der Waals surface area contributed by atoms with Gasteiger partial charge in [-0.05, 0) is 37.0 Å². The fourth-order valence-electron chi connectivity index (χ4n) is 1.34. The first kappa shape index (κ1) is 12.4. The van der Waals surface area contributed by atoms with Crippen LogP contribution in [0, 0.1) is 11.6 Å². The molecule has 1 rings (SSSR count). The van der Waals surface area contributed by atoms with Crippen LogP contribution in [0.3, 0.4) is 0 Å². The van der Waals surface area contributed by atoms with Crippen LogP contribution < -0.4 is 11.5 Å². The second kappa shape index (κ2) is 6.05. The number of nitrogens with two attached hydrogens (primary N) is 2. The van der Waals surface area contributed by atoms with Crippen LogP contribution in [0.4, 0.5) is 8.78 Å². The Labute approximate surface area is 93.2 Å². The third-order valence-corrected chi connectivity index (χ3v) is 2.15. The highest BCUT2D eigenvalue weighted by molar-refractivity contribution is 5.75. The summed E-state index contributed by atoms with van der Waals surface area (Å²) in [5, 5.41) is 0. The van der Waals surface area contributed by atoms with E-state index in [0.717, 1.165) is 24.5 Å². The highest BCUT2D eigenvalue weighted by Gasteiger charge is 2.01. The molecule has 0 heterocycles. The van der Waals surface area contributed by atoms with E-state index < -0.39 is 11.6 Å². The Balaban J connectivity index is 2.32. The summed E-state index contributed by atoms with van der Waals surface area (Å²) >= 11 is 0. The van der Waals surface area contributed by atoms with E-state index in [2.05, 4.69) is 4.99 Å². The molecule has 0 saturated carbocycles. The fourth-order valence-corrected chi connectivity index (χ4v) is 1.34. The van der Waals surface area contributed by atoms with Crippen molar-refractivity contribution in [1.82, 2.24) is 0 Å². The van der Waals surface area contributed by atoms with E-state index in [4.69, 9.17) is 11.5 Å². The first-order chi connectivity index (χ1) is 7.59. The molecule has 0 aromatic heterocycles. The van der Waals surface area contributed by atoms with Crippen molar-refractivity contribution in [2.75, 3.05) is 6.54 Å². The van der Waals surface area contributed by atoms with Crippen LogP contribution in [0.25, 0.3) is 0 Å². The number of halogens is 2. The van der Waals surface area contributed by atoms with E-state index in [1.54, 1.807) is 6.07 Å². The van der Waals surface area contributed by atoms with Gasteiger partial charge in [0.2, 0.25) is 0 Å². The Morgan fingerprint density at radius 3 is 2.50 bits per heavy atom. The van der Waals surface area contributed by atoms with Gasteiger partial charge in [-0.2, -0.15) is 0 Å². The Hall–Kier alpha value is -1.65. The van der Waals surface area contributed by atoms with Crippen LogP contribution in [0.1, 0.15) is 18.4 Å². The molecule has 0 unspecified atom stereocenters. The van der Waals surface area contributed by atoms with Crippen molar-refractivity contribution in [2.24, 2.45) is 16.5 Å². The topological polar surface area (TPSA) is 64.4 Å². The smallest absolute Gasteiger partial charge is 0.185 e. The van der Waals surface area contributed by atoms with Crippen LogP contribution in [0.2, 0.25) is 0 Å². The van der Waals surface area contributed by atoms with Crippen molar-refractivity contribution in [2.45, 2.75) is 19.3 Å². The Morgan fingerprint density at radius 2 is 1.88 bits per heavy atom. The summed E-state index contributed by atoms with van der Waals surface area (Å²) in [4.78, 5) is 3.83. The number of unbranched alkanes of at least 4 members (excludes halogenated alkanes) is 1. The molecule has 0 fully saturated rings. The summed E-state index contributed by atoms with van der Waals surface area (Å²) in [5.74, 6) is -1.54. The summed E-state index contributed by atoms with van der Waals surface area (Å²) in [5.41, 5.74) is 11.1. The summed E-state index contributed by atoms with van der Waals surface area (Å²) < 4.78 is 25.4. The molecule has 0 spiro atoms. The van der Waals surface area contributed by atoms with Gasteiger partial charge in [0.25, 0.3) is 0 Å². The minimum atomic E-state index is -0.816. The average Bonchev–Trinajstić information content (AvgIpc) is 2.22. The van der Waals surface area contributed by atoms with Gasteiger partial charge in [0.05, 0.1) is 0 Å². The Bertz CT molecular complexity index is 373. The van der Waals surface area contributed by atoms with Gasteiger partial charge in [-0.3, -0.25) is 4.99 Å². The van der Waals surface area contributed by atoms with Gasteiger partial charge in [0.1, 0.15) is 0 Å². The molecule has 1 aromatic rings. The maximum atomic E-state index is 12.8. The molecular weight excluding hydrogens is 212 g/mol. The van der Waals surface area contributed by atoms with E-state index in [1.807, 2.05) is 0 Å². The molecule has 16 heavy (non-hydrogen) atoms. The zero-order chi connectivity index (χ0) is 12.0. The maximum Gasteiger partial charge on any atom is 0.185 e. The van der Waals surface area contributed by atoms with Gasteiger partial charge in [-0.1, -0.05) is 6.07 Å². The molecule has 88 valence electrons. The predicted molar refractivity (Wildman–Crippen MR) is 60.0 cm³/mol. The number of nitrogens with zero attached hydrogens (tertiary/aromatic N) is 1. The van der Waals surface area contributed by atoms with Crippen molar-refractivity contribution in [3.8, 4) is 0 Å². The van der Waals surface area contributed by atoms with E-state index in [-0.39, 0.29) is 5.96 Å². The number of benzene rings is 1. The largest absolute Gasteiger partial charge is 0.370 e. The van der Waals surface area contributed by atoms with Crippen molar-refractivity contribution < 1.29 is 8.78 Å². The number of hydrogen-bond acceptors (Lipinski definition) is 1. The van der Waals surface area contributed by atoms with Gasteiger partial charge in [0.15, 0.2) is 17.6 Å². The maximum absolute atomic E-state index is 12.8. The molecule has 0 amide bonds. The normalized spacial score (nSPS) is 10.1. The first-order valence-electron chi connectivity index (χ1n) is 5.09. The van der Waals surface area contributed by atoms with E-state index in [9.17, 15) is 8.78 Å². The SMILES string of the molecule is NC(N)=NCCCCc1ccc(F)c(F)c1. The van der Waals surface area contributed by atoms with Crippen LogP contribution in [-0.2, 0) is 6.42 Å². The molecule has 0 radical (unpaired) electrons. The third kappa shape index (κ3) is 4.25. The van der Waals surface area contributed by atoms with Crippen LogP contribution >= 0.6 is 0 Å². The van der Waals surface area contributed by atoms with E-state index in [1.165, 1.54) is 6.07 Å². The minimum Gasteiger partial charge on any atom is -0.370 e. The number of hydrogen-bond donors (Lipinski definition) is 2. The molecule has 1 aromatic carbocycles. The lowest BCUT2D eigenvalue weighted by Gasteiger charge is -2.01. The molecule has 0 bridgehead atoms. The number of guanidine groups is 1. The standard InChI is InChI=1S/C11H15F2N3/c12-9-5-4-8(7-10(9)13)3-1-2-6-16-11(14)15/h4-5,7H,1-3,6H2,(H4,14,15,16). The summed E-state index contributed by atoms with van der Waals surface area (Å²) in [6.07, 6.45) is 2.34. The van der Waals surface area contributed by atoms with Crippen LogP contribution in [-0.4, -0.2) is 12.5 Å². The van der Waals surface area contributed by atoms with Crippen molar-refractivity contribution >= 4 is 5.96 Å². The Morgan fingerprint density at radius 1 is 1.12 bits per heavy atom. The lowest BCUT2D eigenvalue weighted by Crippen LogP contribution is -2.22.